The van der Waals surface area contributed by atoms with E-state index < -0.39 is 0 Å². The van der Waals surface area contributed by atoms with Crippen molar-refractivity contribution >= 4 is 22.1 Å². The van der Waals surface area contributed by atoms with Gasteiger partial charge in [-0.25, -0.2) is 15.0 Å². The quantitative estimate of drug-likeness (QED) is 0.145. The number of fused-ring (bicyclic) bond motifs is 2. The summed E-state index contributed by atoms with van der Waals surface area (Å²) in [6.45, 7) is 0. The Balaban J connectivity index is 0.963. The summed E-state index contributed by atoms with van der Waals surface area (Å²) in [5.41, 5.74) is 20.8. The molecule has 0 atom stereocenters. The maximum absolute atomic E-state index is 5.66. The molecule has 4 heteroatoms. The van der Waals surface area contributed by atoms with E-state index in [0.29, 0.717) is 0 Å². The molecule has 314 valence electrons. The molecule has 0 saturated carbocycles. The molecule has 0 fully saturated rings. The summed E-state index contributed by atoms with van der Waals surface area (Å²) in [6.07, 6.45) is 0. The predicted molar refractivity (Wildman–Crippen MR) is 278 cm³/mol. The van der Waals surface area contributed by atoms with Crippen LogP contribution in [0.15, 0.2) is 255 Å². The maximum atomic E-state index is 5.66. The van der Waals surface area contributed by atoms with Crippen molar-refractivity contribution in [2.75, 3.05) is 0 Å². The lowest BCUT2D eigenvalue weighted by Gasteiger charge is -2.16. The second-order valence-corrected chi connectivity index (χ2v) is 16.8. The van der Waals surface area contributed by atoms with Crippen molar-refractivity contribution in [2.24, 2.45) is 0 Å². The van der Waals surface area contributed by atoms with Gasteiger partial charge in [-0.3, -0.25) is 4.57 Å². The maximum Gasteiger partial charge on any atom is 0.145 e. The van der Waals surface area contributed by atoms with E-state index in [-0.39, 0.29) is 0 Å². The molecule has 2 heterocycles. The van der Waals surface area contributed by atoms with Gasteiger partial charge in [-0.1, -0.05) is 231 Å². The molecule has 0 aliphatic heterocycles. The third-order valence-electron chi connectivity index (χ3n) is 12.7. The Morgan fingerprint density at radius 2 is 0.567 bits per heavy atom. The van der Waals surface area contributed by atoms with E-state index in [1.807, 2.05) is 18.2 Å². The Hall–Kier alpha value is -8.99. The fourth-order valence-corrected chi connectivity index (χ4v) is 9.24. The van der Waals surface area contributed by atoms with Crippen LogP contribution in [0.4, 0.5) is 0 Å². The molecular formula is C63H42N4. The Morgan fingerprint density at radius 1 is 0.239 bits per heavy atom. The van der Waals surface area contributed by atoms with Crippen molar-refractivity contribution in [1.29, 1.82) is 0 Å². The average molecular weight is 855 g/mol. The molecule has 0 unspecified atom stereocenters. The highest BCUT2D eigenvalue weighted by Crippen LogP contribution is 2.40. The first kappa shape index (κ1) is 39.6. The lowest BCUT2D eigenvalue weighted by molar-refractivity contribution is 1.10. The monoisotopic (exact) mass is 854 g/mol. The van der Waals surface area contributed by atoms with Crippen molar-refractivity contribution in [3.63, 3.8) is 0 Å². The fraction of sp³-hybridized carbons (Fsp3) is 0. The van der Waals surface area contributed by atoms with Crippen molar-refractivity contribution in [3.8, 4) is 95.2 Å². The van der Waals surface area contributed by atoms with E-state index in [9.17, 15) is 0 Å². The average Bonchev–Trinajstić information content (AvgIpc) is 3.81. The van der Waals surface area contributed by atoms with Crippen LogP contribution in [0, 0.1) is 0 Å². The first-order chi connectivity index (χ1) is 33.2. The summed E-state index contributed by atoms with van der Waals surface area (Å²) >= 11 is 0. The Kier molecular flexibility index (Phi) is 10.2. The van der Waals surface area contributed by atoms with Crippen molar-refractivity contribution in [2.45, 2.75) is 0 Å². The lowest BCUT2D eigenvalue weighted by Crippen LogP contribution is -1.99. The van der Waals surface area contributed by atoms with Crippen LogP contribution in [0.3, 0.4) is 0 Å². The number of rotatable bonds is 9. The molecule has 0 aliphatic carbocycles. The van der Waals surface area contributed by atoms with Gasteiger partial charge < -0.3 is 0 Å². The zero-order valence-electron chi connectivity index (χ0n) is 36.5. The fourth-order valence-electron chi connectivity index (χ4n) is 9.24. The summed E-state index contributed by atoms with van der Waals surface area (Å²) in [5.74, 6) is 0.913. The number of nitrogens with zero attached hydrogens (tertiary/aromatic N) is 4. The third kappa shape index (κ3) is 7.57. The van der Waals surface area contributed by atoms with Gasteiger partial charge in [-0.05, 0) is 68.8 Å². The highest BCUT2D eigenvalue weighted by atomic mass is 15.1. The SMILES string of the molecule is c1ccc(-c2ccc(-c3ccc(-c4ccc(-c5ccccc5)cc4)c4nc(-c5ccc(-c6ccc(-c7nc8ccccc8n7-c7ccccc7)cc6)cc5)c(-c5ccccc5)nc34)cc2)cc1. The van der Waals surface area contributed by atoms with E-state index in [4.69, 9.17) is 15.0 Å². The minimum atomic E-state index is 0.833. The second-order valence-electron chi connectivity index (χ2n) is 16.8. The number of para-hydroxylation sites is 3. The van der Waals surface area contributed by atoms with E-state index >= 15 is 0 Å². The van der Waals surface area contributed by atoms with Crippen molar-refractivity contribution in [3.05, 3.63) is 255 Å². The molecule has 0 spiro atoms. The van der Waals surface area contributed by atoms with Gasteiger partial charge in [0.25, 0.3) is 0 Å². The van der Waals surface area contributed by atoms with Crippen LogP contribution in [-0.4, -0.2) is 19.5 Å². The van der Waals surface area contributed by atoms with Gasteiger partial charge in [0.2, 0.25) is 0 Å². The highest BCUT2D eigenvalue weighted by Gasteiger charge is 2.20. The standard InChI is InChI=1S/C63H42N4/c1-5-15-43(16-6-1)45-25-33-49(34-26-45)55-41-42-56(50-35-27-46(28-36-50)44-17-7-2-8-18-44)62-61(55)65-59(51-19-9-3-10-20-51)60(66-62)52-37-29-47(30-38-52)48-31-39-53(40-32-48)63-64-57-23-13-14-24-58(57)67(63)54-21-11-4-12-22-54/h1-42H. The lowest BCUT2D eigenvalue weighted by atomic mass is 9.94. The number of benzene rings is 10. The first-order valence-electron chi connectivity index (χ1n) is 22.7. The number of imidazole rings is 1. The molecule has 12 aromatic rings. The third-order valence-corrected chi connectivity index (χ3v) is 12.7. The second kappa shape index (κ2) is 17.2. The number of hydrogen-bond acceptors (Lipinski definition) is 3. The minimum Gasteiger partial charge on any atom is -0.292 e. The summed E-state index contributed by atoms with van der Waals surface area (Å²) in [7, 11) is 0. The van der Waals surface area contributed by atoms with E-state index in [1.165, 1.54) is 22.3 Å². The first-order valence-corrected chi connectivity index (χ1v) is 22.7. The van der Waals surface area contributed by atoms with Crippen LogP contribution < -0.4 is 0 Å². The zero-order chi connectivity index (χ0) is 44.5. The Bertz CT molecular complexity index is 3660. The molecule has 0 radical (unpaired) electrons. The van der Waals surface area contributed by atoms with Gasteiger partial charge in [-0.15, -0.1) is 0 Å². The van der Waals surface area contributed by atoms with Crippen LogP contribution in [0.5, 0.6) is 0 Å². The van der Waals surface area contributed by atoms with Crippen LogP contribution in [0.25, 0.3) is 117 Å². The molecule has 12 rings (SSSR count). The minimum absolute atomic E-state index is 0.833. The van der Waals surface area contributed by atoms with Crippen LogP contribution in [0.2, 0.25) is 0 Å². The summed E-state index contributed by atoms with van der Waals surface area (Å²) < 4.78 is 2.24. The van der Waals surface area contributed by atoms with Crippen LogP contribution in [0.1, 0.15) is 0 Å². The normalized spacial score (nSPS) is 11.3. The van der Waals surface area contributed by atoms with Crippen molar-refractivity contribution in [1.82, 2.24) is 19.5 Å². The molecule has 4 nitrogen and oxygen atoms in total. The van der Waals surface area contributed by atoms with Gasteiger partial charge in [0.1, 0.15) is 5.82 Å². The molecule has 0 bridgehead atoms. The van der Waals surface area contributed by atoms with Crippen molar-refractivity contribution < 1.29 is 0 Å². The summed E-state index contributed by atoms with van der Waals surface area (Å²) in [4.78, 5) is 16.4. The van der Waals surface area contributed by atoms with Crippen LogP contribution in [-0.2, 0) is 0 Å². The largest absolute Gasteiger partial charge is 0.292 e. The van der Waals surface area contributed by atoms with Gasteiger partial charge in [0, 0.05) is 33.5 Å². The molecule has 0 saturated heterocycles. The molecule has 67 heavy (non-hydrogen) atoms. The van der Waals surface area contributed by atoms with Gasteiger partial charge in [0.05, 0.1) is 33.5 Å². The number of hydrogen-bond donors (Lipinski definition) is 0. The van der Waals surface area contributed by atoms with E-state index in [1.54, 1.807) is 0 Å². The smallest absolute Gasteiger partial charge is 0.145 e. The molecular weight excluding hydrogens is 813 g/mol. The molecule has 2 aromatic heterocycles. The molecule has 0 aliphatic rings. The van der Waals surface area contributed by atoms with Crippen LogP contribution >= 0.6 is 0 Å². The number of aromatic nitrogens is 4. The molecule has 0 N–H and O–H groups in total. The molecule has 0 amide bonds. The highest BCUT2D eigenvalue weighted by molar-refractivity contribution is 6.03. The van der Waals surface area contributed by atoms with E-state index in [2.05, 4.69) is 241 Å². The van der Waals surface area contributed by atoms with Gasteiger partial charge in [-0.2, -0.15) is 0 Å². The topological polar surface area (TPSA) is 43.6 Å². The Labute approximate surface area is 389 Å². The molecule has 10 aromatic carbocycles. The zero-order valence-corrected chi connectivity index (χ0v) is 36.5. The summed E-state index contributed by atoms with van der Waals surface area (Å²) in [6, 6.07) is 89.7. The Morgan fingerprint density at radius 3 is 1.03 bits per heavy atom. The van der Waals surface area contributed by atoms with Gasteiger partial charge >= 0.3 is 0 Å². The summed E-state index contributed by atoms with van der Waals surface area (Å²) in [5, 5.41) is 0. The van der Waals surface area contributed by atoms with E-state index in [0.717, 1.165) is 95.0 Å². The predicted octanol–water partition coefficient (Wildman–Crippen LogP) is 16.3. The van der Waals surface area contributed by atoms with Gasteiger partial charge in [0.15, 0.2) is 0 Å².